The molecule has 10 heteroatoms. The van der Waals surface area contributed by atoms with Crippen LogP contribution >= 0.6 is 11.3 Å². The number of hydrogen-bond acceptors (Lipinski definition) is 8. The summed E-state index contributed by atoms with van der Waals surface area (Å²) in [5.74, 6) is 0.798. The van der Waals surface area contributed by atoms with Gasteiger partial charge in [0.1, 0.15) is 22.1 Å². The van der Waals surface area contributed by atoms with Crippen LogP contribution in [0, 0.1) is 0 Å². The minimum absolute atomic E-state index is 0.326. The lowest BCUT2D eigenvalue weighted by Gasteiger charge is -2.25. The van der Waals surface area contributed by atoms with E-state index in [9.17, 15) is 4.79 Å². The number of carbonyl (C=O) groups excluding carboxylic acids is 1. The molecule has 2 N–H and O–H groups in total. The molecule has 6 rings (SSSR count). The van der Waals surface area contributed by atoms with Gasteiger partial charge in [-0.25, -0.2) is 19.7 Å². The number of thiazole rings is 1. The van der Waals surface area contributed by atoms with Gasteiger partial charge in [-0.2, -0.15) is 0 Å². The van der Waals surface area contributed by atoms with Crippen molar-refractivity contribution >= 4 is 45.1 Å². The Morgan fingerprint density at radius 1 is 1.12 bits per heavy atom. The Bertz CT molecular complexity index is 1780. The van der Waals surface area contributed by atoms with E-state index in [-0.39, 0.29) is 6.09 Å². The molecule has 0 radical (unpaired) electrons. The highest BCUT2D eigenvalue weighted by Crippen LogP contribution is 2.41. The van der Waals surface area contributed by atoms with E-state index in [0.717, 1.165) is 75.3 Å². The zero-order valence-corrected chi connectivity index (χ0v) is 25.5. The molecule has 1 aromatic carbocycles. The minimum atomic E-state index is -0.571. The first-order valence-corrected chi connectivity index (χ1v) is 15.0. The number of nitrogens with two attached hydrogens (primary N) is 1. The highest BCUT2D eigenvalue weighted by molar-refractivity contribution is 7.15. The third-order valence-electron chi connectivity index (χ3n) is 7.64. The van der Waals surface area contributed by atoms with Gasteiger partial charge in [0.05, 0.1) is 12.2 Å². The minimum Gasteiger partial charge on any atom is -0.444 e. The zero-order valence-electron chi connectivity index (χ0n) is 24.7. The second kappa shape index (κ2) is 11.0. The molecule has 5 aromatic rings. The van der Waals surface area contributed by atoms with Gasteiger partial charge in [0.15, 0.2) is 0 Å². The number of nitrogens with zero attached hydrogens (tertiary/aromatic N) is 5. The molecule has 0 aliphatic carbocycles. The van der Waals surface area contributed by atoms with Crippen LogP contribution < -0.4 is 5.73 Å². The van der Waals surface area contributed by atoms with Gasteiger partial charge in [-0.15, -0.1) is 11.3 Å². The molecule has 5 heterocycles. The van der Waals surface area contributed by atoms with Crippen molar-refractivity contribution in [2.24, 2.45) is 7.05 Å². The van der Waals surface area contributed by atoms with E-state index in [1.807, 2.05) is 57.0 Å². The average molecular weight is 585 g/mol. The fraction of sp³-hybridized carbons (Fsp3) is 0.375. The monoisotopic (exact) mass is 584 g/mol. The van der Waals surface area contributed by atoms with Crippen molar-refractivity contribution in [2.75, 3.05) is 26.0 Å². The van der Waals surface area contributed by atoms with Crippen molar-refractivity contribution in [1.29, 1.82) is 0 Å². The predicted octanol–water partition coefficient (Wildman–Crippen LogP) is 6.76. The maximum Gasteiger partial charge on any atom is 0.410 e. The average Bonchev–Trinajstić information content (AvgIpc) is 3.56. The molecule has 0 unspecified atom stereocenters. The van der Waals surface area contributed by atoms with Crippen molar-refractivity contribution in [3.8, 4) is 21.7 Å². The van der Waals surface area contributed by atoms with Crippen LogP contribution in [-0.4, -0.2) is 56.4 Å². The second-order valence-corrected chi connectivity index (χ2v) is 12.9. The zero-order chi connectivity index (χ0) is 29.6. The van der Waals surface area contributed by atoms with Crippen molar-refractivity contribution in [3.05, 3.63) is 59.5 Å². The van der Waals surface area contributed by atoms with Crippen LogP contribution in [0.2, 0.25) is 0 Å². The van der Waals surface area contributed by atoms with Crippen molar-refractivity contribution in [1.82, 2.24) is 24.4 Å². The number of nitrogen functional groups attached to an aromatic ring is 1. The normalized spacial score (nSPS) is 14.5. The molecule has 1 aliphatic rings. The molecule has 0 atom stereocenters. The van der Waals surface area contributed by atoms with Crippen LogP contribution in [0.15, 0.2) is 48.9 Å². The molecular formula is C32H36N6O3S. The fourth-order valence-electron chi connectivity index (χ4n) is 5.52. The molecule has 1 saturated heterocycles. The molecule has 218 valence electrons. The molecule has 1 fully saturated rings. The number of aryl methyl sites for hydroxylation is 1. The number of carbonyl (C=O) groups is 1. The van der Waals surface area contributed by atoms with E-state index in [1.165, 1.54) is 4.88 Å². The molecular weight excluding hydrogens is 548 g/mol. The summed E-state index contributed by atoms with van der Waals surface area (Å²) in [6.45, 7) is 7.41. The number of hydrogen-bond donors (Lipinski definition) is 1. The van der Waals surface area contributed by atoms with Crippen molar-refractivity contribution in [2.45, 2.75) is 51.7 Å². The number of anilines is 1. The maximum absolute atomic E-state index is 12.8. The van der Waals surface area contributed by atoms with Gasteiger partial charge in [-0.3, -0.25) is 0 Å². The van der Waals surface area contributed by atoms with Gasteiger partial charge >= 0.3 is 6.09 Å². The van der Waals surface area contributed by atoms with E-state index in [4.69, 9.17) is 20.2 Å². The van der Waals surface area contributed by atoms with E-state index in [0.29, 0.717) is 18.3 Å². The second-order valence-electron chi connectivity index (χ2n) is 11.9. The first kappa shape index (κ1) is 28.1. The number of rotatable bonds is 5. The predicted molar refractivity (Wildman–Crippen MR) is 167 cm³/mol. The van der Waals surface area contributed by atoms with Gasteiger partial charge in [0.2, 0.25) is 0 Å². The summed E-state index contributed by atoms with van der Waals surface area (Å²) in [5.41, 5.74) is 10.8. The van der Waals surface area contributed by atoms with Crippen molar-refractivity contribution in [3.63, 3.8) is 0 Å². The summed E-state index contributed by atoms with van der Waals surface area (Å²) in [6, 6.07) is 10.5. The Labute approximate surface area is 249 Å². The van der Waals surface area contributed by atoms with Gasteiger partial charge < -0.3 is 24.7 Å². The number of fused-ring (bicyclic) bond motifs is 2. The summed E-state index contributed by atoms with van der Waals surface area (Å²) in [6.07, 6.45) is 7.15. The van der Waals surface area contributed by atoms with Gasteiger partial charge in [-0.05, 0) is 74.2 Å². The standard InChI is InChI=1S/C32H36N6O3S/c1-32(2,3)41-31(39)38(5)18-26-27(19-10-14-40-15-11-19)42-30(36-26)25-17-35-28(33)24-16-20(6-7-22(24)25)21-8-12-34-29-23(21)9-13-37(29)4/h6-9,12-13,16-17,19H,10-11,14-15,18H2,1-5H3,(H2,33,35). The molecule has 0 spiro atoms. The molecule has 0 bridgehead atoms. The Morgan fingerprint density at radius 2 is 1.90 bits per heavy atom. The van der Waals surface area contributed by atoms with E-state index in [1.54, 1.807) is 23.3 Å². The van der Waals surface area contributed by atoms with Crippen LogP contribution in [-0.2, 0) is 23.1 Å². The van der Waals surface area contributed by atoms with E-state index < -0.39 is 5.60 Å². The Hall–Kier alpha value is -4.02. The van der Waals surface area contributed by atoms with Crippen LogP contribution in [0.4, 0.5) is 10.6 Å². The van der Waals surface area contributed by atoms with E-state index >= 15 is 0 Å². The quantitative estimate of drug-likeness (QED) is 0.243. The Balaban J connectivity index is 1.41. The topological polar surface area (TPSA) is 108 Å². The Kier molecular flexibility index (Phi) is 7.36. The van der Waals surface area contributed by atoms with Crippen LogP contribution in [0.1, 0.15) is 50.1 Å². The van der Waals surface area contributed by atoms with Crippen LogP contribution in [0.5, 0.6) is 0 Å². The lowest BCUT2D eigenvalue weighted by atomic mass is 9.97. The summed E-state index contributed by atoms with van der Waals surface area (Å²) in [7, 11) is 3.75. The van der Waals surface area contributed by atoms with Crippen LogP contribution in [0.25, 0.3) is 43.5 Å². The number of benzene rings is 1. The molecule has 1 amide bonds. The third-order valence-corrected chi connectivity index (χ3v) is 8.93. The summed E-state index contributed by atoms with van der Waals surface area (Å²) < 4.78 is 13.3. The number of aromatic nitrogens is 4. The van der Waals surface area contributed by atoms with Gasteiger partial charge in [-0.1, -0.05) is 12.1 Å². The summed E-state index contributed by atoms with van der Waals surface area (Å²) in [4.78, 5) is 29.8. The summed E-state index contributed by atoms with van der Waals surface area (Å²) in [5, 5.41) is 3.82. The smallest absolute Gasteiger partial charge is 0.410 e. The third kappa shape index (κ3) is 5.44. The largest absolute Gasteiger partial charge is 0.444 e. The SMILES string of the molecule is CN(Cc1nc(-c2cnc(N)c3cc(-c4ccnc5c4ccn5C)ccc23)sc1C1CCOCC1)C(=O)OC(C)(C)C. The van der Waals surface area contributed by atoms with Gasteiger partial charge in [0, 0.05) is 67.1 Å². The summed E-state index contributed by atoms with van der Waals surface area (Å²) >= 11 is 1.67. The first-order valence-electron chi connectivity index (χ1n) is 14.2. The molecule has 42 heavy (non-hydrogen) atoms. The Morgan fingerprint density at radius 3 is 2.67 bits per heavy atom. The number of ether oxygens (including phenoxy) is 2. The number of pyridine rings is 2. The highest BCUT2D eigenvalue weighted by atomic mass is 32.1. The van der Waals surface area contributed by atoms with Crippen molar-refractivity contribution < 1.29 is 14.3 Å². The fourth-order valence-corrected chi connectivity index (χ4v) is 6.79. The lowest BCUT2D eigenvalue weighted by molar-refractivity contribution is 0.0282. The van der Waals surface area contributed by atoms with E-state index in [2.05, 4.69) is 34.2 Å². The first-order chi connectivity index (χ1) is 20.1. The van der Waals surface area contributed by atoms with Crippen LogP contribution in [0.3, 0.4) is 0 Å². The molecule has 1 aliphatic heterocycles. The number of amides is 1. The van der Waals surface area contributed by atoms with Gasteiger partial charge in [0.25, 0.3) is 0 Å². The molecule has 4 aromatic heterocycles. The highest BCUT2D eigenvalue weighted by Gasteiger charge is 2.27. The maximum atomic E-state index is 12.8. The lowest BCUT2D eigenvalue weighted by Crippen LogP contribution is -2.34. The molecule has 9 nitrogen and oxygen atoms in total. The molecule has 0 saturated carbocycles.